The third-order valence-corrected chi connectivity index (χ3v) is 6.78. The predicted molar refractivity (Wildman–Crippen MR) is 139 cm³/mol. The average molecular weight is 542 g/mol. The summed E-state index contributed by atoms with van der Waals surface area (Å²) in [7, 11) is 1.38. The molecule has 39 heavy (non-hydrogen) atoms. The van der Waals surface area contributed by atoms with Gasteiger partial charge in [-0.15, -0.1) is 0 Å². The summed E-state index contributed by atoms with van der Waals surface area (Å²) in [6.45, 7) is 6.78. The first kappa shape index (κ1) is 28.1. The normalized spacial score (nSPS) is 22.4. The molecule has 11 nitrogen and oxygen atoms in total. The van der Waals surface area contributed by atoms with E-state index in [1.54, 1.807) is 39.0 Å². The van der Waals surface area contributed by atoms with Gasteiger partial charge in [0.25, 0.3) is 0 Å². The minimum absolute atomic E-state index is 0.0333. The second-order valence-electron chi connectivity index (χ2n) is 10.0. The fourth-order valence-electron chi connectivity index (χ4n) is 4.84. The highest BCUT2D eigenvalue weighted by atomic mass is 16.7. The molecule has 4 atom stereocenters. The lowest BCUT2D eigenvalue weighted by Gasteiger charge is -2.47. The topological polar surface area (TPSA) is 168 Å². The first-order valence-corrected chi connectivity index (χ1v) is 12.2. The van der Waals surface area contributed by atoms with Crippen LogP contribution >= 0.6 is 0 Å². The minimum Gasteiger partial charge on any atom is -0.507 e. The van der Waals surface area contributed by atoms with Crippen molar-refractivity contribution >= 4 is 22.8 Å². The van der Waals surface area contributed by atoms with E-state index < -0.39 is 41.9 Å². The Morgan fingerprint density at radius 3 is 2.51 bits per heavy atom. The van der Waals surface area contributed by atoms with Crippen molar-refractivity contribution in [2.24, 2.45) is 5.73 Å². The van der Waals surface area contributed by atoms with Crippen molar-refractivity contribution in [2.45, 2.75) is 64.3 Å². The molecule has 1 fully saturated rings. The second kappa shape index (κ2) is 10.7. The van der Waals surface area contributed by atoms with E-state index in [-0.39, 0.29) is 40.2 Å². The van der Waals surface area contributed by atoms with Gasteiger partial charge >= 0.3 is 11.7 Å². The van der Waals surface area contributed by atoms with Gasteiger partial charge in [0.05, 0.1) is 16.6 Å². The average Bonchev–Trinajstić information content (AvgIpc) is 2.86. The number of hydrogen-bond acceptors (Lipinski definition) is 10. The van der Waals surface area contributed by atoms with E-state index in [1.807, 2.05) is 13.0 Å². The number of benzene rings is 2. The summed E-state index contributed by atoms with van der Waals surface area (Å²) in [5, 5.41) is 22.0. The first-order chi connectivity index (χ1) is 18.3. The van der Waals surface area contributed by atoms with Crippen LogP contribution in [-0.4, -0.2) is 59.4 Å². The number of Topliss-reactive ketones (excluding diaryl/α,β-unsaturated/α-hetero) is 1. The Hall–Kier alpha value is -3.93. The Labute approximate surface area is 224 Å². The number of primary amides is 1. The fourth-order valence-corrected chi connectivity index (χ4v) is 4.84. The lowest BCUT2D eigenvalue weighted by Crippen LogP contribution is -2.65. The first-order valence-electron chi connectivity index (χ1n) is 12.2. The van der Waals surface area contributed by atoms with Crippen molar-refractivity contribution in [3.63, 3.8) is 0 Å². The molecule has 0 radical (unpaired) electrons. The summed E-state index contributed by atoms with van der Waals surface area (Å²) in [6, 6.07) is 9.89. The van der Waals surface area contributed by atoms with Gasteiger partial charge in [-0.25, -0.2) is 9.59 Å². The Kier molecular flexibility index (Phi) is 7.69. The summed E-state index contributed by atoms with van der Waals surface area (Å²) in [5.74, 6) is -0.544. The van der Waals surface area contributed by atoms with Crippen LogP contribution in [0.3, 0.4) is 0 Å². The van der Waals surface area contributed by atoms with Gasteiger partial charge in [-0.2, -0.15) is 0 Å². The minimum atomic E-state index is -1.49. The lowest BCUT2D eigenvalue weighted by molar-refractivity contribution is -0.304. The van der Waals surface area contributed by atoms with Gasteiger partial charge in [0.15, 0.2) is 18.0 Å². The highest BCUT2D eigenvalue weighted by Crippen LogP contribution is 2.37. The van der Waals surface area contributed by atoms with E-state index in [0.29, 0.717) is 11.1 Å². The molecule has 3 aromatic rings. The van der Waals surface area contributed by atoms with Gasteiger partial charge in [-0.1, -0.05) is 23.8 Å². The number of aromatic hydroxyl groups is 1. The van der Waals surface area contributed by atoms with Crippen LogP contribution in [-0.2, 0) is 20.6 Å². The van der Waals surface area contributed by atoms with Crippen LogP contribution in [0.15, 0.2) is 45.6 Å². The zero-order valence-electron chi connectivity index (χ0n) is 22.2. The van der Waals surface area contributed by atoms with Crippen molar-refractivity contribution < 1.29 is 43.2 Å². The fraction of sp³-hybridized carbons (Fsp3) is 0.393. The highest BCUT2D eigenvalue weighted by molar-refractivity contribution is 5.99. The Balaban J connectivity index is 1.66. The van der Waals surface area contributed by atoms with Crippen LogP contribution in [0.25, 0.3) is 11.0 Å². The number of amides is 1. The van der Waals surface area contributed by atoms with E-state index in [4.69, 9.17) is 29.1 Å². The molecule has 2 heterocycles. The quantitative estimate of drug-likeness (QED) is 0.299. The van der Waals surface area contributed by atoms with Gasteiger partial charge in [0.1, 0.15) is 23.2 Å². The third kappa shape index (κ3) is 5.47. The Morgan fingerprint density at radius 1 is 1.15 bits per heavy atom. The van der Waals surface area contributed by atoms with Crippen molar-refractivity contribution in [3.05, 3.63) is 69.1 Å². The van der Waals surface area contributed by atoms with Crippen LogP contribution in [0.2, 0.25) is 0 Å². The molecule has 208 valence electrons. The van der Waals surface area contributed by atoms with Crippen molar-refractivity contribution in [1.29, 1.82) is 0 Å². The molecule has 1 aliphatic heterocycles. The molecule has 4 N–H and O–H groups in total. The summed E-state index contributed by atoms with van der Waals surface area (Å²) >= 11 is 0. The number of ether oxygens (including phenoxy) is 4. The highest BCUT2D eigenvalue weighted by Gasteiger charge is 2.53. The summed E-state index contributed by atoms with van der Waals surface area (Å²) < 4.78 is 27.9. The SMILES string of the molecule is CO[C@@H]1[C@@H](OC(N)=O)[C@@H](O)[C@H](Oc2ccc3c(O)c(CC(=O)c4cccc(C)c4)c(=O)oc3c2C)OC1(C)C. The zero-order valence-corrected chi connectivity index (χ0v) is 22.2. The molecule has 4 rings (SSSR count). The molecule has 2 aromatic carbocycles. The predicted octanol–water partition coefficient (Wildman–Crippen LogP) is 2.89. The molecule has 0 bridgehead atoms. The van der Waals surface area contributed by atoms with Gasteiger partial charge in [-0.05, 0) is 45.9 Å². The number of hydrogen-bond donors (Lipinski definition) is 3. The number of methoxy groups -OCH3 is 1. The van der Waals surface area contributed by atoms with Crippen molar-refractivity contribution in [3.8, 4) is 11.5 Å². The van der Waals surface area contributed by atoms with Crippen LogP contribution in [0.4, 0.5) is 4.79 Å². The van der Waals surface area contributed by atoms with Crippen molar-refractivity contribution in [2.75, 3.05) is 7.11 Å². The molecule has 11 heteroatoms. The molecule has 1 saturated heterocycles. The lowest BCUT2D eigenvalue weighted by atomic mass is 9.89. The van der Waals surface area contributed by atoms with E-state index in [2.05, 4.69) is 0 Å². The van der Waals surface area contributed by atoms with E-state index in [9.17, 15) is 24.6 Å². The third-order valence-electron chi connectivity index (χ3n) is 6.78. The molecule has 0 unspecified atom stereocenters. The number of aliphatic hydroxyl groups is 1. The molecule has 0 saturated carbocycles. The zero-order chi connectivity index (χ0) is 28.6. The number of nitrogens with two attached hydrogens (primary N) is 1. The summed E-state index contributed by atoms with van der Waals surface area (Å²) in [5.41, 5.74) is 4.76. The second-order valence-corrected chi connectivity index (χ2v) is 10.0. The van der Waals surface area contributed by atoms with Gasteiger partial charge in [0.2, 0.25) is 6.29 Å². The number of aryl methyl sites for hydroxylation is 2. The molecule has 0 aliphatic carbocycles. The maximum Gasteiger partial charge on any atom is 0.404 e. The van der Waals surface area contributed by atoms with Crippen LogP contribution < -0.4 is 16.1 Å². The molecular formula is C28H31NO10. The largest absolute Gasteiger partial charge is 0.507 e. The monoisotopic (exact) mass is 541 g/mol. The molecule has 0 spiro atoms. The van der Waals surface area contributed by atoms with Crippen molar-refractivity contribution in [1.82, 2.24) is 0 Å². The summed E-state index contributed by atoms with van der Waals surface area (Å²) in [6.07, 6.45) is -6.30. The van der Waals surface area contributed by atoms with Gasteiger partial charge in [0, 0.05) is 24.7 Å². The van der Waals surface area contributed by atoms with E-state index in [1.165, 1.54) is 19.2 Å². The van der Waals surface area contributed by atoms with Crippen LogP contribution in [0.1, 0.15) is 40.9 Å². The number of aliphatic hydroxyl groups excluding tert-OH is 1. The molecular weight excluding hydrogens is 510 g/mol. The smallest absolute Gasteiger partial charge is 0.404 e. The molecule has 1 aromatic heterocycles. The summed E-state index contributed by atoms with van der Waals surface area (Å²) in [4.78, 5) is 37.1. The van der Waals surface area contributed by atoms with Crippen LogP contribution in [0, 0.1) is 13.8 Å². The maximum absolute atomic E-state index is 12.8. The standard InChI is InChI=1S/C28H31NO10/c1-13-7-6-8-15(11-13)18(30)12-17-20(31)16-9-10-19(14(2)22(16)37-25(17)33)36-26-21(32)23(38-27(29)34)24(35-5)28(3,4)39-26/h6-11,21,23-24,26,31-32H,12H2,1-5H3,(H2,29,34)/t21-,23+,24-,26-/m1/s1. The Bertz CT molecular complexity index is 1480. The number of ketones is 1. The Morgan fingerprint density at radius 2 is 1.87 bits per heavy atom. The molecule has 1 aliphatic rings. The van der Waals surface area contributed by atoms with E-state index in [0.717, 1.165) is 5.56 Å². The molecule has 1 amide bonds. The number of fused-ring (bicyclic) bond motifs is 1. The van der Waals surface area contributed by atoms with E-state index >= 15 is 0 Å². The number of carbonyl (C=O) groups is 2. The van der Waals surface area contributed by atoms with Gasteiger partial charge < -0.3 is 39.3 Å². The maximum atomic E-state index is 12.8. The number of carbonyl (C=O) groups excluding carboxylic acids is 2. The number of rotatable bonds is 7. The van der Waals surface area contributed by atoms with Crippen LogP contribution in [0.5, 0.6) is 11.5 Å². The van der Waals surface area contributed by atoms with Gasteiger partial charge in [-0.3, -0.25) is 4.79 Å².